The highest BCUT2D eigenvalue weighted by Gasteiger charge is 2.19. The Bertz CT molecular complexity index is 221. The minimum Gasteiger partial charge on any atom is -0.450 e. The Morgan fingerprint density at radius 3 is 2.40 bits per heavy atom. The van der Waals surface area contributed by atoms with Gasteiger partial charge >= 0.3 is 6.09 Å². The Morgan fingerprint density at radius 2 is 2.00 bits per heavy atom. The number of hydrogen-bond acceptors (Lipinski definition) is 3. The van der Waals surface area contributed by atoms with Crippen LogP contribution in [0.1, 0.15) is 20.8 Å². The Labute approximate surface area is 99.1 Å². The molecule has 0 radical (unpaired) electrons. The highest BCUT2D eigenvalue weighted by molar-refractivity contribution is 9.09. The molecule has 15 heavy (non-hydrogen) atoms. The lowest BCUT2D eigenvalue weighted by molar-refractivity contribution is -0.120. The van der Waals surface area contributed by atoms with Crippen LogP contribution < -0.4 is 0 Å². The van der Waals surface area contributed by atoms with Crippen LogP contribution in [0.5, 0.6) is 0 Å². The van der Waals surface area contributed by atoms with Crippen molar-refractivity contribution >= 4 is 27.8 Å². The van der Waals surface area contributed by atoms with Crippen molar-refractivity contribution in [2.75, 3.05) is 25.0 Å². The third-order valence-corrected chi connectivity index (χ3v) is 2.64. The number of nitrogens with zero attached hydrogens (tertiary/aromatic N) is 1. The van der Waals surface area contributed by atoms with E-state index in [2.05, 4.69) is 15.9 Å². The number of rotatable bonds is 6. The zero-order chi connectivity index (χ0) is 11.8. The number of halogens is 1. The lowest BCUT2D eigenvalue weighted by Gasteiger charge is -2.22. The maximum atomic E-state index is 11.4. The van der Waals surface area contributed by atoms with Crippen LogP contribution in [0.2, 0.25) is 0 Å². The highest BCUT2D eigenvalue weighted by Crippen LogP contribution is 2.05. The van der Waals surface area contributed by atoms with Crippen molar-refractivity contribution in [3.8, 4) is 0 Å². The predicted octanol–water partition coefficient (Wildman–Crippen LogP) is 2.06. The van der Waals surface area contributed by atoms with Gasteiger partial charge in [-0.3, -0.25) is 4.79 Å². The molecule has 4 nitrogen and oxygen atoms in total. The molecule has 0 rings (SSSR count). The van der Waals surface area contributed by atoms with E-state index in [0.717, 1.165) is 0 Å². The van der Waals surface area contributed by atoms with E-state index >= 15 is 0 Å². The molecule has 0 saturated heterocycles. The van der Waals surface area contributed by atoms with Gasteiger partial charge in [0.15, 0.2) is 0 Å². The molecule has 0 saturated carbocycles. The number of ether oxygens (including phenoxy) is 1. The third kappa shape index (κ3) is 5.16. The average molecular weight is 280 g/mol. The number of ketones is 1. The van der Waals surface area contributed by atoms with E-state index in [9.17, 15) is 9.59 Å². The van der Waals surface area contributed by atoms with E-state index in [1.54, 1.807) is 6.92 Å². The van der Waals surface area contributed by atoms with Crippen molar-refractivity contribution in [3.05, 3.63) is 0 Å². The van der Waals surface area contributed by atoms with Gasteiger partial charge < -0.3 is 9.64 Å². The third-order valence-electron chi connectivity index (χ3n) is 2.08. The molecule has 0 fully saturated rings. The summed E-state index contributed by atoms with van der Waals surface area (Å²) in [5.74, 6) is -0.0634. The predicted molar refractivity (Wildman–Crippen MR) is 62.2 cm³/mol. The maximum absolute atomic E-state index is 11.4. The number of carbonyl (C=O) groups excluding carboxylic acids is 2. The fourth-order valence-electron chi connectivity index (χ4n) is 1.11. The first-order chi connectivity index (χ1) is 7.06. The van der Waals surface area contributed by atoms with E-state index in [1.165, 1.54) is 4.90 Å². The van der Waals surface area contributed by atoms with E-state index in [1.807, 2.05) is 13.8 Å². The van der Waals surface area contributed by atoms with Gasteiger partial charge in [0.05, 0.1) is 11.9 Å². The van der Waals surface area contributed by atoms with E-state index in [4.69, 9.17) is 4.74 Å². The number of hydrogen-bond donors (Lipinski definition) is 0. The van der Waals surface area contributed by atoms with Crippen molar-refractivity contribution in [1.29, 1.82) is 0 Å². The van der Waals surface area contributed by atoms with Gasteiger partial charge in [0.25, 0.3) is 0 Å². The van der Waals surface area contributed by atoms with Crippen LogP contribution >= 0.6 is 15.9 Å². The van der Waals surface area contributed by atoms with Gasteiger partial charge in [-0.25, -0.2) is 4.79 Å². The fourth-order valence-corrected chi connectivity index (χ4v) is 1.66. The molecule has 0 spiro atoms. The summed E-state index contributed by atoms with van der Waals surface area (Å²) in [6.07, 6.45) is -0.353. The van der Waals surface area contributed by atoms with Crippen LogP contribution in [0.3, 0.4) is 0 Å². The molecular formula is C10H18BrNO3. The summed E-state index contributed by atoms with van der Waals surface area (Å²) in [6.45, 7) is 6.77. The number of amides is 1. The van der Waals surface area contributed by atoms with Crippen molar-refractivity contribution < 1.29 is 14.3 Å². The summed E-state index contributed by atoms with van der Waals surface area (Å²) >= 11 is 3.11. The summed E-state index contributed by atoms with van der Waals surface area (Å²) in [4.78, 5) is 24.3. The van der Waals surface area contributed by atoms with Crippen LogP contribution in [0.25, 0.3) is 0 Å². The molecule has 0 aliphatic heterocycles. The Morgan fingerprint density at radius 1 is 1.40 bits per heavy atom. The normalized spacial score (nSPS) is 12.0. The first-order valence-corrected chi connectivity index (χ1v) is 6.19. The minimum atomic E-state index is -0.353. The molecule has 0 aromatic heterocycles. The van der Waals surface area contributed by atoms with Crippen molar-refractivity contribution in [1.82, 2.24) is 4.90 Å². The summed E-state index contributed by atoms with van der Waals surface area (Å²) < 4.78 is 4.87. The standard InChI is InChI=1S/C10H18BrNO3/c1-4-12(10(14)15-5-2)7-8(3)9(13)6-11/h8H,4-7H2,1-3H3. The number of alkyl halides is 1. The second kappa shape index (κ2) is 7.68. The van der Waals surface area contributed by atoms with Crippen LogP contribution in [0.15, 0.2) is 0 Å². The lowest BCUT2D eigenvalue weighted by Crippen LogP contribution is -2.37. The van der Waals surface area contributed by atoms with Crippen molar-refractivity contribution in [2.45, 2.75) is 20.8 Å². The van der Waals surface area contributed by atoms with Gasteiger partial charge in [-0.2, -0.15) is 0 Å². The van der Waals surface area contributed by atoms with E-state index in [0.29, 0.717) is 25.0 Å². The zero-order valence-electron chi connectivity index (χ0n) is 9.46. The van der Waals surface area contributed by atoms with Crippen LogP contribution in [-0.4, -0.2) is 41.8 Å². The van der Waals surface area contributed by atoms with E-state index < -0.39 is 0 Å². The Kier molecular flexibility index (Phi) is 7.38. The van der Waals surface area contributed by atoms with Crippen molar-refractivity contribution in [2.24, 2.45) is 5.92 Å². The molecule has 0 aliphatic rings. The molecule has 1 atom stereocenters. The lowest BCUT2D eigenvalue weighted by atomic mass is 10.1. The zero-order valence-corrected chi connectivity index (χ0v) is 11.0. The van der Waals surface area contributed by atoms with Crippen LogP contribution in [-0.2, 0) is 9.53 Å². The molecule has 88 valence electrons. The molecular weight excluding hydrogens is 262 g/mol. The minimum absolute atomic E-state index is 0.0951. The van der Waals surface area contributed by atoms with Gasteiger partial charge in [0.1, 0.15) is 5.78 Å². The van der Waals surface area contributed by atoms with E-state index in [-0.39, 0.29) is 17.8 Å². The highest BCUT2D eigenvalue weighted by atomic mass is 79.9. The topological polar surface area (TPSA) is 46.6 Å². The Hall–Kier alpha value is -0.580. The van der Waals surface area contributed by atoms with Crippen LogP contribution in [0, 0.1) is 5.92 Å². The second-order valence-electron chi connectivity index (χ2n) is 3.24. The van der Waals surface area contributed by atoms with Gasteiger partial charge in [-0.15, -0.1) is 0 Å². The van der Waals surface area contributed by atoms with Gasteiger partial charge in [0.2, 0.25) is 0 Å². The summed E-state index contributed by atoms with van der Waals surface area (Å²) in [7, 11) is 0. The average Bonchev–Trinajstić information content (AvgIpc) is 2.24. The Balaban J connectivity index is 4.20. The molecule has 1 unspecified atom stereocenters. The number of carbonyl (C=O) groups is 2. The molecule has 1 amide bonds. The summed E-state index contributed by atoms with van der Waals surface area (Å²) in [5, 5.41) is 0.328. The molecule has 0 aromatic carbocycles. The molecule has 0 aromatic rings. The van der Waals surface area contributed by atoms with Gasteiger partial charge in [0, 0.05) is 19.0 Å². The molecule has 0 bridgehead atoms. The smallest absolute Gasteiger partial charge is 0.409 e. The van der Waals surface area contributed by atoms with Crippen molar-refractivity contribution in [3.63, 3.8) is 0 Å². The monoisotopic (exact) mass is 279 g/mol. The molecule has 5 heteroatoms. The first kappa shape index (κ1) is 14.4. The first-order valence-electron chi connectivity index (χ1n) is 5.07. The second-order valence-corrected chi connectivity index (χ2v) is 3.80. The van der Waals surface area contributed by atoms with Gasteiger partial charge in [-0.05, 0) is 13.8 Å². The van der Waals surface area contributed by atoms with Gasteiger partial charge in [-0.1, -0.05) is 22.9 Å². The quantitative estimate of drug-likeness (QED) is 0.700. The molecule has 0 heterocycles. The molecule has 0 aliphatic carbocycles. The number of Topliss-reactive ketones (excluding diaryl/α,β-unsaturated/α-hetero) is 1. The largest absolute Gasteiger partial charge is 0.450 e. The van der Waals surface area contributed by atoms with Crippen LogP contribution in [0.4, 0.5) is 4.79 Å². The SMILES string of the molecule is CCOC(=O)N(CC)CC(C)C(=O)CBr. The summed E-state index contributed by atoms with van der Waals surface area (Å²) in [6, 6.07) is 0. The maximum Gasteiger partial charge on any atom is 0.409 e. The molecule has 0 N–H and O–H groups in total. The fraction of sp³-hybridized carbons (Fsp3) is 0.800. The summed E-state index contributed by atoms with van der Waals surface area (Å²) in [5.41, 5.74) is 0.